The normalized spacial score (nSPS) is 25.3. The molecule has 142 valence electrons. The van der Waals surface area contributed by atoms with Gasteiger partial charge in [0.05, 0.1) is 6.54 Å². The molecule has 1 aliphatic carbocycles. The molecular formula is C20H30N4O2. The minimum absolute atomic E-state index is 0.202. The number of aryl methyl sites for hydroxylation is 1. The largest absolute Gasteiger partial charge is 0.383 e. The van der Waals surface area contributed by atoms with Crippen LogP contribution >= 0.6 is 0 Å². The van der Waals surface area contributed by atoms with Crippen LogP contribution in [0.25, 0.3) is 0 Å². The zero-order valence-electron chi connectivity index (χ0n) is 15.8. The monoisotopic (exact) mass is 358 g/mol. The molecule has 6 nitrogen and oxygen atoms in total. The summed E-state index contributed by atoms with van der Waals surface area (Å²) < 4.78 is 0. The van der Waals surface area contributed by atoms with Crippen molar-refractivity contribution < 1.29 is 9.90 Å². The van der Waals surface area contributed by atoms with E-state index in [2.05, 4.69) is 21.7 Å². The number of nitrogens with one attached hydrogen (secondary N) is 2. The van der Waals surface area contributed by atoms with Gasteiger partial charge in [-0.2, -0.15) is 0 Å². The Balaban J connectivity index is 1.64. The highest BCUT2D eigenvalue weighted by atomic mass is 16.3. The third kappa shape index (κ3) is 4.01. The maximum absolute atomic E-state index is 11.8. The van der Waals surface area contributed by atoms with Crippen molar-refractivity contribution in [2.75, 3.05) is 26.2 Å². The van der Waals surface area contributed by atoms with E-state index in [9.17, 15) is 9.90 Å². The van der Waals surface area contributed by atoms with E-state index in [1.54, 1.807) is 0 Å². The number of aliphatic hydroxyl groups is 1. The van der Waals surface area contributed by atoms with E-state index >= 15 is 0 Å². The van der Waals surface area contributed by atoms with Crippen molar-refractivity contribution in [3.8, 4) is 0 Å². The zero-order valence-corrected chi connectivity index (χ0v) is 15.8. The highest BCUT2D eigenvalue weighted by Crippen LogP contribution is 2.36. The van der Waals surface area contributed by atoms with Crippen LogP contribution in [0.3, 0.4) is 0 Å². The Hall–Kier alpha value is -2.08. The number of amides is 1. The van der Waals surface area contributed by atoms with Gasteiger partial charge >= 0.3 is 0 Å². The lowest BCUT2D eigenvalue weighted by Crippen LogP contribution is -2.45. The standard InChI is InChI=1S/C20H30N4O2/c1-3-18(25)24-12-10-16(13-24)23-19(21-4-2)22-14-20(26)11-9-15-7-5-6-8-17(15)20/h5-8,16,26H,3-4,9-14H2,1-2H3,(H2,21,22,23). The van der Waals surface area contributed by atoms with Crippen LogP contribution in [0, 0.1) is 0 Å². The molecule has 0 saturated carbocycles. The predicted molar refractivity (Wildman–Crippen MR) is 103 cm³/mol. The number of likely N-dealkylation sites (tertiary alicyclic amines) is 1. The average Bonchev–Trinajstić information content (AvgIpc) is 3.25. The van der Waals surface area contributed by atoms with Gasteiger partial charge in [-0.1, -0.05) is 31.2 Å². The summed E-state index contributed by atoms with van der Waals surface area (Å²) in [6, 6.07) is 8.28. The third-order valence-corrected chi connectivity index (χ3v) is 5.35. The van der Waals surface area contributed by atoms with Crippen LogP contribution in [0.15, 0.2) is 29.3 Å². The number of hydrogen-bond donors (Lipinski definition) is 3. The minimum Gasteiger partial charge on any atom is -0.383 e. The van der Waals surface area contributed by atoms with Crippen LogP contribution < -0.4 is 10.6 Å². The molecular weight excluding hydrogens is 328 g/mol. The molecule has 0 bridgehead atoms. The molecule has 0 radical (unpaired) electrons. The smallest absolute Gasteiger partial charge is 0.222 e. The maximum atomic E-state index is 11.8. The van der Waals surface area contributed by atoms with Crippen LogP contribution in [-0.2, 0) is 16.8 Å². The van der Waals surface area contributed by atoms with E-state index in [0.29, 0.717) is 31.9 Å². The Morgan fingerprint density at radius 2 is 2.19 bits per heavy atom. The van der Waals surface area contributed by atoms with Crippen molar-refractivity contribution in [2.24, 2.45) is 4.99 Å². The Morgan fingerprint density at radius 3 is 2.96 bits per heavy atom. The summed E-state index contributed by atoms with van der Waals surface area (Å²) in [7, 11) is 0. The Bertz CT molecular complexity index is 676. The quantitative estimate of drug-likeness (QED) is 0.549. The SMILES string of the molecule is CCNC(=NCC1(O)CCc2ccccc21)NC1CCN(C(=O)CC)C1. The van der Waals surface area contributed by atoms with Gasteiger partial charge in [0.25, 0.3) is 0 Å². The number of nitrogens with zero attached hydrogens (tertiary/aromatic N) is 2. The number of carbonyl (C=O) groups is 1. The van der Waals surface area contributed by atoms with Gasteiger partial charge in [-0.25, -0.2) is 4.99 Å². The van der Waals surface area contributed by atoms with Crippen molar-refractivity contribution in [3.63, 3.8) is 0 Å². The van der Waals surface area contributed by atoms with Crippen LogP contribution in [0.5, 0.6) is 0 Å². The summed E-state index contributed by atoms with van der Waals surface area (Å²) in [6.07, 6.45) is 3.07. The van der Waals surface area contributed by atoms with Crippen molar-refractivity contribution in [1.29, 1.82) is 0 Å². The van der Waals surface area contributed by atoms with Gasteiger partial charge in [-0.15, -0.1) is 0 Å². The fourth-order valence-electron chi connectivity index (χ4n) is 3.88. The van der Waals surface area contributed by atoms with Gasteiger partial charge < -0.3 is 20.6 Å². The molecule has 1 aliphatic heterocycles. The van der Waals surface area contributed by atoms with Crippen molar-refractivity contribution in [1.82, 2.24) is 15.5 Å². The van der Waals surface area contributed by atoms with Crippen molar-refractivity contribution >= 4 is 11.9 Å². The van der Waals surface area contributed by atoms with E-state index < -0.39 is 5.60 Å². The summed E-state index contributed by atoms with van der Waals surface area (Å²) in [5.41, 5.74) is 1.33. The molecule has 1 saturated heterocycles. The lowest BCUT2D eigenvalue weighted by molar-refractivity contribution is -0.129. The fourth-order valence-corrected chi connectivity index (χ4v) is 3.88. The van der Waals surface area contributed by atoms with E-state index in [4.69, 9.17) is 0 Å². The first kappa shape index (κ1) is 18.7. The van der Waals surface area contributed by atoms with Crippen LogP contribution in [0.1, 0.15) is 44.2 Å². The molecule has 3 rings (SSSR count). The molecule has 1 aromatic rings. The molecule has 2 unspecified atom stereocenters. The van der Waals surface area contributed by atoms with Gasteiger partial charge in [0.15, 0.2) is 5.96 Å². The Kier molecular flexibility index (Phi) is 5.81. The molecule has 6 heteroatoms. The number of fused-ring (bicyclic) bond motifs is 1. The van der Waals surface area contributed by atoms with E-state index in [0.717, 1.165) is 31.5 Å². The number of carbonyl (C=O) groups excluding carboxylic acids is 1. The lowest BCUT2D eigenvalue weighted by atomic mass is 9.96. The van der Waals surface area contributed by atoms with Crippen LogP contribution in [0.2, 0.25) is 0 Å². The molecule has 1 fully saturated rings. The fraction of sp³-hybridized carbons (Fsp3) is 0.600. The average molecular weight is 358 g/mol. The zero-order chi connectivity index (χ0) is 18.6. The maximum Gasteiger partial charge on any atom is 0.222 e. The summed E-state index contributed by atoms with van der Waals surface area (Å²) in [6.45, 7) is 6.52. The number of hydrogen-bond acceptors (Lipinski definition) is 3. The summed E-state index contributed by atoms with van der Waals surface area (Å²) >= 11 is 0. The van der Waals surface area contributed by atoms with E-state index in [-0.39, 0.29) is 11.9 Å². The summed E-state index contributed by atoms with van der Waals surface area (Å²) in [4.78, 5) is 18.4. The lowest BCUT2D eigenvalue weighted by Gasteiger charge is -2.23. The highest BCUT2D eigenvalue weighted by molar-refractivity contribution is 5.80. The minimum atomic E-state index is -0.890. The van der Waals surface area contributed by atoms with Gasteiger partial charge in [-0.05, 0) is 37.3 Å². The summed E-state index contributed by atoms with van der Waals surface area (Å²) in [5.74, 6) is 0.911. The molecule has 2 aliphatic rings. The molecule has 3 N–H and O–H groups in total. The first-order valence-electron chi connectivity index (χ1n) is 9.69. The first-order chi connectivity index (χ1) is 12.6. The first-order valence-corrected chi connectivity index (χ1v) is 9.69. The third-order valence-electron chi connectivity index (χ3n) is 5.35. The number of benzene rings is 1. The van der Waals surface area contributed by atoms with Gasteiger partial charge in [0.1, 0.15) is 5.60 Å². The van der Waals surface area contributed by atoms with Crippen LogP contribution in [-0.4, -0.2) is 54.1 Å². The molecule has 1 amide bonds. The molecule has 1 aromatic carbocycles. The molecule has 0 aromatic heterocycles. The van der Waals surface area contributed by atoms with Gasteiger partial charge in [0.2, 0.25) is 5.91 Å². The molecule has 26 heavy (non-hydrogen) atoms. The predicted octanol–water partition coefficient (Wildman–Crippen LogP) is 1.39. The van der Waals surface area contributed by atoms with Gasteiger partial charge in [0, 0.05) is 32.1 Å². The summed E-state index contributed by atoms with van der Waals surface area (Å²) in [5, 5.41) is 17.7. The topological polar surface area (TPSA) is 77.0 Å². The number of guanidine groups is 1. The second-order valence-corrected chi connectivity index (χ2v) is 7.21. The van der Waals surface area contributed by atoms with Crippen molar-refractivity contribution in [2.45, 2.75) is 51.2 Å². The van der Waals surface area contributed by atoms with Crippen molar-refractivity contribution in [3.05, 3.63) is 35.4 Å². The molecule has 1 heterocycles. The highest BCUT2D eigenvalue weighted by Gasteiger charge is 2.36. The Morgan fingerprint density at radius 1 is 1.38 bits per heavy atom. The number of aliphatic imine (C=N–C) groups is 1. The molecule has 0 spiro atoms. The second-order valence-electron chi connectivity index (χ2n) is 7.21. The van der Waals surface area contributed by atoms with E-state index in [1.807, 2.05) is 36.9 Å². The number of rotatable bonds is 5. The molecule has 2 atom stereocenters. The Labute approximate surface area is 155 Å². The second kappa shape index (κ2) is 8.08. The van der Waals surface area contributed by atoms with Crippen LogP contribution in [0.4, 0.5) is 0 Å². The van der Waals surface area contributed by atoms with Gasteiger partial charge in [-0.3, -0.25) is 4.79 Å². The van der Waals surface area contributed by atoms with E-state index in [1.165, 1.54) is 5.56 Å².